The van der Waals surface area contributed by atoms with Crippen LogP contribution in [0.5, 0.6) is 0 Å². The molecule has 0 aliphatic carbocycles. The number of esters is 1. The fourth-order valence-corrected chi connectivity index (χ4v) is 2.48. The van der Waals surface area contributed by atoms with Gasteiger partial charge in [0.05, 0.1) is 23.4 Å². The van der Waals surface area contributed by atoms with Crippen LogP contribution in [0.2, 0.25) is 0 Å². The van der Waals surface area contributed by atoms with Crippen molar-refractivity contribution in [3.05, 3.63) is 17.5 Å². The summed E-state index contributed by atoms with van der Waals surface area (Å²) in [6.07, 6.45) is 3.71. The maximum absolute atomic E-state index is 12.2. The molecule has 2 aromatic heterocycles. The largest absolute Gasteiger partial charge is 0.462 e. The van der Waals surface area contributed by atoms with Crippen LogP contribution in [0.15, 0.2) is 6.20 Å². The molecule has 0 aliphatic heterocycles. The van der Waals surface area contributed by atoms with Gasteiger partial charge in [0.15, 0.2) is 5.65 Å². The zero-order valence-corrected chi connectivity index (χ0v) is 13.8. The van der Waals surface area contributed by atoms with Crippen molar-refractivity contribution >= 4 is 22.7 Å². The number of hydrogen-bond acceptors (Lipinski definition) is 5. The van der Waals surface area contributed by atoms with Gasteiger partial charge in [0, 0.05) is 19.3 Å². The first-order chi connectivity index (χ1) is 10.6. The van der Waals surface area contributed by atoms with Crippen LogP contribution in [0.25, 0.3) is 11.0 Å². The number of ether oxygens (including phenoxy) is 1. The SMILES string of the molecule is CCCCNc1c(C(=O)OCC)cnc2c1c(C)nn2CC. The van der Waals surface area contributed by atoms with Gasteiger partial charge in [-0.1, -0.05) is 13.3 Å². The van der Waals surface area contributed by atoms with Crippen LogP contribution in [0.1, 0.15) is 49.7 Å². The fourth-order valence-electron chi connectivity index (χ4n) is 2.48. The second-order valence-electron chi connectivity index (χ2n) is 5.15. The van der Waals surface area contributed by atoms with Crippen molar-refractivity contribution in [2.24, 2.45) is 0 Å². The first-order valence-corrected chi connectivity index (χ1v) is 7.91. The number of hydrogen-bond donors (Lipinski definition) is 1. The van der Waals surface area contributed by atoms with E-state index in [-0.39, 0.29) is 5.97 Å². The normalized spacial score (nSPS) is 10.9. The molecule has 0 aromatic carbocycles. The van der Waals surface area contributed by atoms with E-state index >= 15 is 0 Å². The van der Waals surface area contributed by atoms with Crippen molar-refractivity contribution < 1.29 is 9.53 Å². The first-order valence-electron chi connectivity index (χ1n) is 7.91. The van der Waals surface area contributed by atoms with Gasteiger partial charge in [-0.2, -0.15) is 5.10 Å². The lowest BCUT2D eigenvalue weighted by atomic mass is 10.1. The van der Waals surface area contributed by atoms with Gasteiger partial charge in [-0.05, 0) is 27.2 Å². The Morgan fingerprint density at radius 2 is 2.14 bits per heavy atom. The van der Waals surface area contributed by atoms with Crippen LogP contribution < -0.4 is 5.32 Å². The second kappa shape index (κ2) is 7.24. The summed E-state index contributed by atoms with van der Waals surface area (Å²) < 4.78 is 7.00. The summed E-state index contributed by atoms with van der Waals surface area (Å²) in [6, 6.07) is 0. The summed E-state index contributed by atoms with van der Waals surface area (Å²) in [4.78, 5) is 16.6. The molecule has 0 fully saturated rings. The lowest BCUT2D eigenvalue weighted by Gasteiger charge is -2.12. The van der Waals surface area contributed by atoms with Gasteiger partial charge in [0.2, 0.25) is 0 Å². The molecule has 0 aliphatic rings. The highest BCUT2D eigenvalue weighted by atomic mass is 16.5. The number of unbranched alkanes of at least 4 members (excludes halogenated alkanes) is 1. The van der Waals surface area contributed by atoms with Crippen LogP contribution in [0.4, 0.5) is 5.69 Å². The van der Waals surface area contributed by atoms with Crippen molar-refractivity contribution in [3.63, 3.8) is 0 Å². The van der Waals surface area contributed by atoms with Crippen molar-refractivity contribution in [2.75, 3.05) is 18.5 Å². The van der Waals surface area contributed by atoms with Gasteiger partial charge in [-0.3, -0.25) is 0 Å². The van der Waals surface area contributed by atoms with E-state index in [2.05, 4.69) is 22.3 Å². The van der Waals surface area contributed by atoms with Crippen molar-refractivity contribution in [3.8, 4) is 0 Å². The van der Waals surface area contributed by atoms with Crippen LogP contribution >= 0.6 is 0 Å². The highest BCUT2D eigenvalue weighted by Crippen LogP contribution is 2.29. The van der Waals surface area contributed by atoms with Crippen molar-refractivity contribution in [1.29, 1.82) is 0 Å². The molecular formula is C16H24N4O2. The third-order valence-electron chi connectivity index (χ3n) is 3.56. The minimum Gasteiger partial charge on any atom is -0.462 e. The number of aromatic nitrogens is 3. The van der Waals surface area contributed by atoms with Gasteiger partial charge < -0.3 is 10.1 Å². The Morgan fingerprint density at radius 3 is 2.77 bits per heavy atom. The molecule has 2 rings (SSSR count). The number of fused-ring (bicyclic) bond motifs is 1. The molecule has 0 spiro atoms. The van der Waals surface area contributed by atoms with Crippen LogP contribution in [0, 0.1) is 6.92 Å². The van der Waals surface area contributed by atoms with E-state index in [1.54, 1.807) is 13.1 Å². The summed E-state index contributed by atoms with van der Waals surface area (Å²) >= 11 is 0. The number of pyridine rings is 1. The summed E-state index contributed by atoms with van der Waals surface area (Å²) in [5.74, 6) is -0.348. The summed E-state index contributed by atoms with van der Waals surface area (Å²) in [5, 5.41) is 8.79. The molecule has 6 nitrogen and oxygen atoms in total. The van der Waals surface area contributed by atoms with Gasteiger partial charge in [0.1, 0.15) is 5.56 Å². The zero-order valence-electron chi connectivity index (χ0n) is 13.8. The number of carbonyl (C=O) groups is 1. The molecule has 2 heterocycles. The molecule has 2 aromatic rings. The Balaban J connectivity index is 2.56. The quantitative estimate of drug-likeness (QED) is 0.628. The number of nitrogens with zero attached hydrogens (tertiary/aromatic N) is 3. The van der Waals surface area contributed by atoms with Crippen LogP contribution in [-0.2, 0) is 11.3 Å². The molecule has 0 radical (unpaired) electrons. The molecular weight excluding hydrogens is 280 g/mol. The first kappa shape index (κ1) is 16.3. The summed E-state index contributed by atoms with van der Waals surface area (Å²) in [5.41, 5.74) is 2.93. The van der Waals surface area contributed by atoms with E-state index in [1.165, 1.54) is 0 Å². The van der Waals surface area contributed by atoms with Gasteiger partial charge in [-0.25, -0.2) is 14.5 Å². The Labute approximate surface area is 130 Å². The molecule has 0 amide bonds. The number of anilines is 1. The van der Waals surface area contributed by atoms with Gasteiger partial charge in [-0.15, -0.1) is 0 Å². The monoisotopic (exact) mass is 304 g/mol. The number of carbonyl (C=O) groups excluding carboxylic acids is 1. The molecule has 0 saturated carbocycles. The molecule has 0 saturated heterocycles. The zero-order chi connectivity index (χ0) is 16.1. The maximum atomic E-state index is 12.2. The van der Waals surface area contributed by atoms with E-state index in [0.29, 0.717) is 12.2 Å². The maximum Gasteiger partial charge on any atom is 0.341 e. The molecule has 120 valence electrons. The van der Waals surface area contributed by atoms with E-state index in [1.807, 2.05) is 18.5 Å². The average molecular weight is 304 g/mol. The van der Waals surface area contributed by atoms with E-state index < -0.39 is 0 Å². The predicted molar refractivity (Wildman–Crippen MR) is 87.3 cm³/mol. The Kier molecular flexibility index (Phi) is 5.35. The molecule has 0 atom stereocenters. The molecule has 6 heteroatoms. The number of rotatable bonds is 7. The summed E-state index contributed by atoms with van der Waals surface area (Å²) in [6.45, 7) is 9.79. The highest BCUT2D eigenvalue weighted by Gasteiger charge is 2.20. The van der Waals surface area contributed by atoms with E-state index in [0.717, 1.165) is 48.3 Å². The van der Waals surface area contributed by atoms with Crippen molar-refractivity contribution in [1.82, 2.24) is 14.8 Å². The Bertz CT molecular complexity index is 664. The third kappa shape index (κ3) is 3.05. The molecule has 1 N–H and O–H groups in total. The highest BCUT2D eigenvalue weighted by molar-refractivity contribution is 6.05. The van der Waals surface area contributed by atoms with Gasteiger partial charge >= 0.3 is 5.97 Å². The van der Waals surface area contributed by atoms with E-state index in [4.69, 9.17) is 4.74 Å². The smallest absolute Gasteiger partial charge is 0.341 e. The topological polar surface area (TPSA) is 69.0 Å². The van der Waals surface area contributed by atoms with E-state index in [9.17, 15) is 4.79 Å². The lowest BCUT2D eigenvalue weighted by Crippen LogP contribution is -2.12. The molecule has 0 unspecified atom stereocenters. The van der Waals surface area contributed by atoms with Gasteiger partial charge in [0.25, 0.3) is 0 Å². The Hall–Kier alpha value is -2.11. The standard InChI is InChI=1S/C16H24N4O2/c1-5-8-9-17-14-12(16(21)22-7-3)10-18-15-13(14)11(4)19-20(15)6-2/h10H,5-9H2,1-4H3,(H,17,18). The van der Waals surface area contributed by atoms with Crippen molar-refractivity contribution in [2.45, 2.75) is 47.1 Å². The van der Waals surface area contributed by atoms with Crippen LogP contribution in [-0.4, -0.2) is 33.9 Å². The lowest BCUT2D eigenvalue weighted by molar-refractivity contribution is 0.0527. The van der Waals surface area contributed by atoms with Crippen LogP contribution in [0.3, 0.4) is 0 Å². The third-order valence-corrected chi connectivity index (χ3v) is 3.56. The summed E-state index contributed by atoms with van der Waals surface area (Å²) in [7, 11) is 0. The second-order valence-corrected chi connectivity index (χ2v) is 5.15. The number of nitrogens with one attached hydrogen (secondary N) is 1. The minimum absolute atomic E-state index is 0.346. The molecule has 22 heavy (non-hydrogen) atoms. The average Bonchev–Trinajstić information content (AvgIpc) is 2.84. The molecule has 0 bridgehead atoms. The minimum atomic E-state index is -0.348. The number of aryl methyl sites for hydroxylation is 2. The predicted octanol–water partition coefficient (Wildman–Crippen LogP) is 3.15. The fraction of sp³-hybridized carbons (Fsp3) is 0.562. The Morgan fingerprint density at radius 1 is 1.36 bits per heavy atom.